The standard InChI is InChI=1S/C56H79F2N7O17S/c1-73-21-22-75-25-26-77-29-30-79-33-34-80-32-31-78-28-27-76-24-23-74-20-16-60-56(70)47(62-52(67)9-3-2-6-17-65-54(68)12-13-55(65)69)8-4-5-15-59-51(66)14-35-83(71,72)41-42-36-50-63-49-39-45(46(58)40-61-49)44-11-10-43(57)38-48(44)81-18-7-19-82-53(37-42)64-50/h10-13,36-40,47H,2-9,14-35,41H2,1H3,(H,59,66)(H,60,70)(H,62,67)(H,61,63,64)/t47-/m0/s1. The van der Waals surface area contributed by atoms with Crippen molar-refractivity contribution in [1.82, 2.24) is 30.8 Å². The van der Waals surface area contributed by atoms with Crippen LogP contribution < -0.4 is 30.7 Å². The SMILES string of the molecule is COCCOCCOCCOCCOCCOCCOCCOCCNC(=O)[C@H](CCCCNC(=O)CCS(=O)(=O)Cc1cc2nc(c1)OCCCOc1cc(F)ccc1-c1cc(ncc1F)N2)NC(=O)CCCCCN1C(=O)C=CC1=O. The zero-order valence-electron chi connectivity index (χ0n) is 47.1. The van der Waals surface area contributed by atoms with E-state index in [0.29, 0.717) is 136 Å². The van der Waals surface area contributed by atoms with Crippen LogP contribution in [0, 0.1) is 11.6 Å². The van der Waals surface area contributed by atoms with Gasteiger partial charge in [0.25, 0.3) is 11.8 Å². The Balaban J connectivity index is 0.972. The minimum atomic E-state index is -3.86. The number of sulfone groups is 1. The van der Waals surface area contributed by atoms with E-state index in [1.165, 1.54) is 48.6 Å². The molecule has 2 aliphatic rings. The Kier molecular flexibility index (Phi) is 31.9. The number of halogens is 2. The van der Waals surface area contributed by atoms with Crippen molar-refractivity contribution < 1.29 is 88.5 Å². The van der Waals surface area contributed by atoms with E-state index in [-0.39, 0.29) is 112 Å². The monoisotopic (exact) mass is 1190 g/mol. The van der Waals surface area contributed by atoms with Crippen LogP contribution in [-0.2, 0) is 77.5 Å². The highest BCUT2D eigenvalue weighted by Crippen LogP contribution is 2.35. The fraction of sp³-hybridized carbons (Fsp3) is 0.589. The number of amides is 5. The van der Waals surface area contributed by atoms with Crippen LogP contribution in [0.5, 0.6) is 11.6 Å². The number of unbranched alkanes of at least 4 members (excludes halogenated alkanes) is 3. The Hall–Kier alpha value is -6.30. The van der Waals surface area contributed by atoms with E-state index in [1.807, 2.05) is 0 Å². The van der Waals surface area contributed by atoms with Crippen LogP contribution in [0.15, 0.2) is 54.7 Å². The van der Waals surface area contributed by atoms with Gasteiger partial charge in [-0.3, -0.25) is 28.9 Å². The molecule has 1 aromatic carbocycles. The number of anilines is 2. The van der Waals surface area contributed by atoms with Crippen LogP contribution in [0.1, 0.15) is 63.4 Å². The van der Waals surface area contributed by atoms with E-state index in [9.17, 15) is 36.8 Å². The van der Waals surface area contributed by atoms with Gasteiger partial charge in [-0.1, -0.05) is 6.42 Å². The Bertz CT molecular complexity index is 2600. The number of fused-ring (bicyclic) bond motifs is 6. The lowest BCUT2D eigenvalue weighted by Crippen LogP contribution is -2.47. The van der Waals surface area contributed by atoms with Gasteiger partial charge in [-0.05, 0) is 61.9 Å². The first kappa shape index (κ1) is 67.5. The molecule has 24 nitrogen and oxygen atoms in total. The number of methoxy groups -OCH3 is 1. The molecule has 0 radical (unpaired) electrons. The molecule has 5 rings (SSSR count). The molecule has 460 valence electrons. The minimum absolute atomic E-state index is 0.0928. The van der Waals surface area contributed by atoms with E-state index in [1.54, 1.807) is 7.11 Å². The van der Waals surface area contributed by atoms with E-state index in [2.05, 4.69) is 31.2 Å². The summed E-state index contributed by atoms with van der Waals surface area (Å²) in [7, 11) is -2.23. The Labute approximate surface area is 483 Å². The Morgan fingerprint density at radius 1 is 0.675 bits per heavy atom. The number of ether oxygens (including phenoxy) is 10. The molecule has 2 aromatic heterocycles. The molecule has 4 heterocycles. The summed E-state index contributed by atoms with van der Waals surface area (Å²) in [6.45, 7) is 7.04. The zero-order chi connectivity index (χ0) is 59.3. The van der Waals surface area contributed by atoms with E-state index in [0.717, 1.165) is 11.1 Å². The normalized spacial score (nSPS) is 13.6. The molecule has 0 fully saturated rings. The summed E-state index contributed by atoms with van der Waals surface area (Å²) in [6.07, 6.45) is 6.20. The second-order valence-electron chi connectivity index (χ2n) is 18.9. The first-order chi connectivity index (χ1) is 40.3. The second kappa shape index (κ2) is 39.3. The van der Waals surface area contributed by atoms with Crippen LogP contribution in [0.4, 0.5) is 20.4 Å². The fourth-order valence-electron chi connectivity index (χ4n) is 8.10. The zero-order valence-corrected chi connectivity index (χ0v) is 48.0. The molecule has 0 unspecified atom stereocenters. The third-order valence-corrected chi connectivity index (χ3v) is 13.9. The van der Waals surface area contributed by atoms with Crippen LogP contribution in [-0.4, -0.2) is 204 Å². The van der Waals surface area contributed by atoms with Gasteiger partial charge in [0.15, 0.2) is 9.84 Å². The molecular weight excluding hydrogens is 1110 g/mol. The largest absolute Gasteiger partial charge is 0.493 e. The van der Waals surface area contributed by atoms with Crippen molar-refractivity contribution in [2.24, 2.45) is 0 Å². The summed E-state index contributed by atoms with van der Waals surface area (Å²) >= 11 is 0. The number of benzene rings is 1. The van der Waals surface area contributed by atoms with E-state index >= 15 is 4.39 Å². The molecule has 4 N–H and O–H groups in total. The number of hydrogen-bond donors (Lipinski definition) is 4. The number of nitrogens with zero attached hydrogens (tertiary/aromatic N) is 3. The molecule has 5 amide bonds. The molecule has 2 aliphatic heterocycles. The number of aromatic nitrogens is 2. The Morgan fingerprint density at radius 2 is 1.30 bits per heavy atom. The van der Waals surface area contributed by atoms with Crippen molar-refractivity contribution in [2.45, 2.75) is 69.6 Å². The summed E-state index contributed by atoms with van der Waals surface area (Å²) in [5, 5.41) is 11.3. The number of imide groups is 1. The van der Waals surface area contributed by atoms with E-state index in [4.69, 9.17) is 47.4 Å². The number of pyridine rings is 2. The van der Waals surface area contributed by atoms with Crippen LogP contribution >= 0.6 is 0 Å². The van der Waals surface area contributed by atoms with Crippen molar-refractivity contribution >= 4 is 51.0 Å². The first-order valence-electron chi connectivity index (χ1n) is 27.9. The molecular formula is C56H79F2N7O17S. The lowest BCUT2D eigenvalue weighted by molar-refractivity contribution is -0.137. The molecule has 3 aromatic rings. The van der Waals surface area contributed by atoms with Gasteiger partial charge in [0.1, 0.15) is 35.1 Å². The summed E-state index contributed by atoms with van der Waals surface area (Å²) in [4.78, 5) is 72.6. The predicted octanol–water partition coefficient (Wildman–Crippen LogP) is 3.77. The van der Waals surface area contributed by atoms with Gasteiger partial charge in [-0.25, -0.2) is 22.2 Å². The second-order valence-corrected chi connectivity index (χ2v) is 21.1. The minimum Gasteiger partial charge on any atom is -0.493 e. The van der Waals surface area contributed by atoms with Gasteiger partial charge >= 0.3 is 0 Å². The lowest BCUT2D eigenvalue weighted by atomic mass is 10.0. The van der Waals surface area contributed by atoms with Crippen molar-refractivity contribution in [3.8, 4) is 22.8 Å². The Morgan fingerprint density at radius 3 is 1.95 bits per heavy atom. The molecule has 83 heavy (non-hydrogen) atoms. The van der Waals surface area contributed by atoms with E-state index < -0.39 is 50.8 Å². The number of carbonyl (C=O) groups excluding carboxylic acids is 5. The van der Waals surface area contributed by atoms with Gasteiger partial charge in [0, 0.05) is 81.4 Å². The maximum atomic E-state index is 15.1. The lowest BCUT2D eigenvalue weighted by Gasteiger charge is -2.19. The average molecular weight is 1190 g/mol. The smallest absolute Gasteiger partial charge is 0.253 e. The van der Waals surface area contributed by atoms with Gasteiger partial charge in [-0.2, -0.15) is 4.98 Å². The summed E-state index contributed by atoms with van der Waals surface area (Å²) in [6, 6.07) is 7.23. The number of hydrogen-bond acceptors (Lipinski definition) is 20. The average Bonchev–Trinajstić information content (AvgIpc) is 4.03. The highest BCUT2D eigenvalue weighted by molar-refractivity contribution is 7.90. The van der Waals surface area contributed by atoms with Gasteiger partial charge < -0.3 is 68.6 Å². The van der Waals surface area contributed by atoms with Crippen molar-refractivity contribution in [3.05, 3.63) is 71.9 Å². The number of nitrogens with one attached hydrogen (secondary N) is 4. The predicted molar refractivity (Wildman–Crippen MR) is 299 cm³/mol. The van der Waals surface area contributed by atoms with Crippen molar-refractivity contribution in [3.63, 3.8) is 0 Å². The van der Waals surface area contributed by atoms with Crippen molar-refractivity contribution in [1.29, 1.82) is 0 Å². The molecule has 1 atom stereocenters. The molecule has 27 heteroatoms. The molecule has 0 aliphatic carbocycles. The number of carbonyl (C=O) groups is 5. The third-order valence-electron chi connectivity index (χ3n) is 12.3. The maximum Gasteiger partial charge on any atom is 0.253 e. The van der Waals surface area contributed by atoms with Crippen LogP contribution in [0.3, 0.4) is 0 Å². The summed E-state index contributed by atoms with van der Waals surface area (Å²) in [5.74, 6) is -3.58. The highest BCUT2D eigenvalue weighted by Gasteiger charge is 2.24. The van der Waals surface area contributed by atoms with Crippen LogP contribution in [0.25, 0.3) is 11.1 Å². The van der Waals surface area contributed by atoms with Gasteiger partial charge in [0.05, 0.1) is 130 Å². The summed E-state index contributed by atoms with van der Waals surface area (Å²) < 4.78 is 111. The quantitative estimate of drug-likeness (QED) is 0.0464. The fourth-order valence-corrected chi connectivity index (χ4v) is 9.41. The van der Waals surface area contributed by atoms with Gasteiger partial charge in [0.2, 0.25) is 23.6 Å². The van der Waals surface area contributed by atoms with Crippen LogP contribution in [0.2, 0.25) is 0 Å². The van der Waals surface area contributed by atoms with Gasteiger partial charge in [-0.15, -0.1) is 0 Å². The first-order valence-corrected chi connectivity index (χ1v) is 29.7. The molecule has 0 saturated heterocycles. The molecule has 0 spiro atoms. The highest BCUT2D eigenvalue weighted by atomic mass is 32.2. The number of rotatable bonds is 42. The third kappa shape index (κ3) is 27.8. The maximum absolute atomic E-state index is 15.1. The molecule has 4 bridgehead atoms. The molecule has 0 saturated carbocycles. The van der Waals surface area contributed by atoms with Crippen molar-refractivity contribution in [2.75, 3.05) is 150 Å². The summed E-state index contributed by atoms with van der Waals surface area (Å²) in [5.41, 5.74) is 0.705. The topological polar surface area (TPSA) is 289 Å².